The minimum Gasteiger partial charge on any atom is -0.354 e. The summed E-state index contributed by atoms with van der Waals surface area (Å²) in [5.41, 5.74) is 0. The third kappa shape index (κ3) is 5.00. The lowest BCUT2D eigenvalue weighted by atomic mass is 10.1. The molecule has 1 amide bonds. The maximum Gasteiger partial charge on any atom is 0.241 e. The van der Waals surface area contributed by atoms with Crippen molar-refractivity contribution in [2.45, 2.75) is 32.6 Å². The molecule has 1 aromatic rings. The molecule has 1 aliphatic rings. The second kappa shape index (κ2) is 7.97. The summed E-state index contributed by atoms with van der Waals surface area (Å²) in [5, 5.41) is 6.07. The number of hydrogen-bond donors (Lipinski definition) is 2. The van der Waals surface area contributed by atoms with Gasteiger partial charge in [-0.25, -0.2) is 0 Å². The summed E-state index contributed by atoms with van der Waals surface area (Å²) < 4.78 is 0. The predicted octanol–water partition coefficient (Wildman–Crippen LogP) is 1.77. The molecular formula is C13H21ClN6O. The van der Waals surface area contributed by atoms with E-state index in [2.05, 4.69) is 25.6 Å². The summed E-state index contributed by atoms with van der Waals surface area (Å²) in [4.78, 5) is 26.1. The van der Waals surface area contributed by atoms with Gasteiger partial charge in [-0.05, 0) is 37.3 Å². The molecule has 8 heteroatoms. The van der Waals surface area contributed by atoms with Crippen LogP contribution >= 0.6 is 11.6 Å². The van der Waals surface area contributed by atoms with Crippen molar-refractivity contribution in [2.24, 2.45) is 0 Å². The third-order valence-corrected chi connectivity index (χ3v) is 3.42. The van der Waals surface area contributed by atoms with Crippen LogP contribution in [0, 0.1) is 0 Å². The van der Waals surface area contributed by atoms with Crippen molar-refractivity contribution in [2.75, 3.05) is 36.8 Å². The fourth-order valence-corrected chi connectivity index (χ4v) is 2.31. The molecule has 21 heavy (non-hydrogen) atoms. The quantitative estimate of drug-likeness (QED) is 0.833. The van der Waals surface area contributed by atoms with Crippen LogP contribution in [-0.4, -0.2) is 51.9 Å². The van der Waals surface area contributed by atoms with E-state index in [1.165, 1.54) is 6.42 Å². The van der Waals surface area contributed by atoms with E-state index in [9.17, 15) is 4.79 Å². The van der Waals surface area contributed by atoms with Gasteiger partial charge in [0.1, 0.15) is 0 Å². The molecule has 2 heterocycles. The average molecular weight is 313 g/mol. The molecular weight excluding hydrogens is 292 g/mol. The lowest BCUT2D eigenvalue weighted by Gasteiger charge is -2.26. The SMILES string of the molecule is CCCNc1nc(Cl)nc(NCC(=O)N2CCCCC2)n1. The number of piperidine rings is 1. The standard InChI is InChI=1S/C13H21ClN6O/c1-2-6-15-12-17-11(14)18-13(19-12)16-9-10(21)20-7-4-3-5-8-20/h2-9H2,1H3,(H2,15,16,17,18,19). The Hall–Kier alpha value is -1.63. The zero-order valence-electron chi connectivity index (χ0n) is 12.2. The lowest BCUT2D eigenvalue weighted by Crippen LogP contribution is -2.39. The van der Waals surface area contributed by atoms with Crippen LogP contribution in [0.3, 0.4) is 0 Å². The second-order valence-corrected chi connectivity index (χ2v) is 5.31. The smallest absolute Gasteiger partial charge is 0.241 e. The van der Waals surface area contributed by atoms with Gasteiger partial charge < -0.3 is 15.5 Å². The third-order valence-electron chi connectivity index (χ3n) is 3.25. The predicted molar refractivity (Wildman–Crippen MR) is 82.5 cm³/mol. The van der Waals surface area contributed by atoms with Crippen LogP contribution in [0.1, 0.15) is 32.6 Å². The number of amides is 1. The highest BCUT2D eigenvalue weighted by Crippen LogP contribution is 2.11. The van der Waals surface area contributed by atoms with Crippen molar-refractivity contribution in [3.63, 3.8) is 0 Å². The molecule has 7 nitrogen and oxygen atoms in total. The van der Waals surface area contributed by atoms with Gasteiger partial charge >= 0.3 is 0 Å². The Morgan fingerprint density at radius 1 is 1.14 bits per heavy atom. The van der Waals surface area contributed by atoms with Crippen LogP contribution in [0.2, 0.25) is 5.28 Å². The topological polar surface area (TPSA) is 83.0 Å². The number of nitrogens with zero attached hydrogens (tertiary/aromatic N) is 4. The first-order valence-electron chi connectivity index (χ1n) is 7.36. The van der Waals surface area contributed by atoms with E-state index in [1.54, 1.807) is 0 Å². The molecule has 0 unspecified atom stereocenters. The Kier molecular flexibility index (Phi) is 5.98. The number of aromatic nitrogens is 3. The first-order valence-corrected chi connectivity index (χ1v) is 7.74. The van der Waals surface area contributed by atoms with Crippen molar-refractivity contribution in [1.82, 2.24) is 19.9 Å². The molecule has 0 aliphatic carbocycles. The number of likely N-dealkylation sites (tertiary alicyclic amines) is 1. The minimum atomic E-state index is 0.0642. The van der Waals surface area contributed by atoms with E-state index in [0.717, 1.165) is 38.9 Å². The molecule has 116 valence electrons. The Bertz CT molecular complexity index is 478. The first-order chi connectivity index (χ1) is 10.2. The molecule has 0 bridgehead atoms. The number of nitrogens with one attached hydrogen (secondary N) is 2. The molecule has 1 saturated heterocycles. The minimum absolute atomic E-state index is 0.0642. The van der Waals surface area contributed by atoms with Gasteiger partial charge in [-0.1, -0.05) is 6.92 Å². The second-order valence-electron chi connectivity index (χ2n) is 4.97. The van der Waals surface area contributed by atoms with Crippen LogP contribution in [0.25, 0.3) is 0 Å². The summed E-state index contributed by atoms with van der Waals surface area (Å²) in [6.45, 7) is 4.65. The molecule has 0 radical (unpaired) electrons. The van der Waals surface area contributed by atoms with Gasteiger partial charge in [-0.2, -0.15) is 15.0 Å². The Balaban J connectivity index is 1.89. The molecule has 2 rings (SSSR count). The normalized spacial score (nSPS) is 14.9. The number of anilines is 2. The van der Waals surface area contributed by atoms with Crippen molar-refractivity contribution in [3.8, 4) is 0 Å². The zero-order valence-corrected chi connectivity index (χ0v) is 13.0. The van der Waals surface area contributed by atoms with Crippen LogP contribution in [0.5, 0.6) is 0 Å². The van der Waals surface area contributed by atoms with Gasteiger partial charge in [0.15, 0.2) is 0 Å². The van der Waals surface area contributed by atoms with Crippen molar-refractivity contribution >= 4 is 29.4 Å². The first kappa shape index (κ1) is 15.8. The molecule has 1 aromatic heterocycles. The van der Waals surface area contributed by atoms with Crippen LogP contribution < -0.4 is 10.6 Å². The maximum atomic E-state index is 12.1. The van der Waals surface area contributed by atoms with E-state index >= 15 is 0 Å². The number of carbonyl (C=O) groups excluding carboxylic acids is 1. The number of halogens is 1. The molecule has 0 saturated carbocycles. The van der Waals surface area contributed by atoms with Crippen molar-refractivity contribution in [1.29, 1.82) is 0 Å². The molecule has 2 N–H and O–H groups in total. The molecule has 0 spiro atoms. The van der Waals surface area contributed by atoms with Crippen LogP contribution in [0.15, 0.2) is 0 Å². The van der Waals surface area contributed by atoms with Crippen molar-refractivity contribution in [3.05, 3.63) is 5.28 Å². The maximum absolute atomic E-state index is 12.1. The molecule has 0 atom stereocenters. The average Bonchev–Trinajstić information content (AvgIpc) is 2.51. The van der Waals surface area contributed by atoms with Crippen molar-refractivity contribution < 1.29 is 4.79 Å². The van der Waals surface area contributed by atoms with Gasteiger partial charge in [0, 0.05) is 19.6 Å². The van der Waals surface area contributed by atoms with Gasteiger partial charge in [0.2, 0.25) is 23.1 Å². The summed E-state index contributed by atoms with van der Waals surface area (Å²) >= 11 is 5.86. The summed E-state index contributed by atoms with van der Waals surface area (Å²) in [7, 11) is 0. The van der Waals surface area contributed by atoms with E-state index < -0.39 is 0 Å². The van der Waals surface area contributed by atoms with E-state index in [0.29, 0.717) is 11.9 Å². The van der Waals surface area contributed by atoms with Crippen LogP contribution in [0.4, 0.5) is 11.9 Å². The Morgan fingerprint density at radius 2 is 1.81 bits per heavy atom. The van der Waals surface area contributed by atoms with E-state index in [1.807, 2.05) is 11.8 Å². The summed E-state index contributed by atoms with van der Waals surface area (Å²) in [6.07, 6.45) is 4.31. The molecule has 1 fully saturated rings. The molecule has 1 aliphatic heterocycles. The highest BCUT2D eigenvalue weighted by Gasteiger charge is 2.16. The Labute approximate surface area is 129 Å². The zero-order chi connectivity index (χ0) is 15.1. The Morgan fingerprint density at radius 3 is 2.48 bits per heavy atom. The van der Waals surface area contributed by atoms with E-state index in [-0.39, 0.29) is 17.7 Å². The van der Waals surface area contributed by atoms with Crippen LogP contribution in [-0.2, 0) is 4.79 Å². The van der Waals surface area contributed by atoms with Gasteiger partial charge in [0.25, 0.3) is 0 Å². The van der Waals surface area contributed by atoms with Gasteiger partial charge in [-0.15, -0.1) is 0 Å². The number of rotatable bonds is 6. The fourth-order valence-electron chi connectivity index (χ4n) is 2.15. The number of carbonyl (C=O) groups is 1. The summed E-state index contributed by atoms with van der Waals surface area (Å²) in [6, 6.07) is 0. The van der Waals surface area contributed by atoms with Gasteiger partial charge in [-0.3, -0.25) is 4.79 Å². The van der Waals surface area contributed by atoms with E-state index in [4.69, 9.17) is 11.6 Å². The lowest BCUT2D eigenvalue weighted by molar-refractivity contribution is -0.130. The summed E-state index contributed by atoms with van der Waals surface area (Å²) in [5.74, 6) is 0.804. The largest absolute Gasteiger partial charge is 0.354 e. The van der Waals surface area contributed by atoms with Gasteiger partial charge in [0.05, 0.1) is 6.54 Å². The fraction of sp³-hybridized carbons (Fsp3) is 0.692. The highest BCUT2D eigenvalue weighted by molar-refractivity contribution is 6.28. The molecule has 0 aromatic carbocycles. The highest BCUT2D eigenvalue weighted by atomic mass is 35.5. The monoisotopic (exact) mass is 312 g/mol. The number of hydrogen-bond acceptors (Lipinski definition) is 6.